The van der Waals surface area contributed by atoms with E-state index in [0.29, 0.717) is 5.41 Å². The van der Waals surface area contributed by atoms with Crippen LogP contribution in [0.4, 0.5) is 0 Å². The molecule has 2 rings (SSSR count). The summed E-state index contributed by atoms with van der Waals surface area (Å²) in [6.07, 6.45) is 6.98. The van der Waals surface area contributed by atoms with E-state index < -0.39 is 0 Å². The average Bonchev–Trinajstić information content (AvgIpc) is 2.53. The van der Waals surface area contributed by atoms with Gasteiger partial charge in [-0.1, -0.05) is 27.2 Å². The van der Waals surface area contributed by atoms with Crippen LogP contribution >= 0.6 is 11.8 Å². The molecular formula is C14H27NS. The van der Waals surface area contributed by atoms with Crippen molar-refractivity contribution in [1.82, 2.24) is 5.32 Å². The van der Waals surface area contributed by atoms with Crippen molar-refractivity contribution < 1.29 is 0 Å². The first kappa shape index (κ1) is 12.8. The van der Waals surface area contributed by atoms with Gasteiger partial charge in [0.25, 0.3) is 0 Å². The number of rotatable bonds is 2. The highest BCUT2D eigenvalue weighted by Gasteiger charge is 2.37. The highest BCUT2D eigenvalue weighted by Crippen LogP contribution is 2.44. The van der Waals surface area contributed by atoms with Crippen molar-refractivity contribution in [1.29, 1.82) is 0 Å². The molecular weight excluding hydrogens is 214 g/mol. The van der Waals surface area contributed by atoms with Crippen LogP contribution in [0.1, 0.15) is 52.9 Å². The van der Waals surface area contributed by atoms with Gasteiger partial charge in [-0.15, -0.1) is 0 Å². The molecule has 1 saturated heterocycles. The minimum Gasteiger partial charge on any atom is -0.313 e. The van der Waals surface area contributed by atoms with Gasteiger partial charge in [-0.25, -0.2) is 0 Å². The van der Waals surface area contributed by atoms with Crippen LogP contribution in [0.3, 0.4) is 0 Å². The topological polar surface area (TPSA) is 12.0 Å². The molecule has 0 aromatic rings. The van der Waals surface area contributed by atoms with Gasteiger partial charge in [0.15, 0.2) is 0 Å². The Labute approximate surface area is 105 Å². The molecule has 1 aliphatic carbocycles. The van der Waals surface area contributed by atoms with Crippen molar-refractivity contribution in [3.63, 3.8) is 0 Å². The van der Waals surface area contributed by atoms with Gasteiger partial charge in [-0.05, 0) is 49.3 Å². The standard InChI is InChI=1S/C14H27NS/c1-4-14(2,3)11-6-7-12-13(10-11)16-9-5-8-15-12/h11-13,15H,4-10H2,1-3H3. The van der Waals surface area contributed by atoms with Crippen molar-refractivity contribution in [3.05, 3.63) is 0 Å². The Hall–Kier alpha value is 0.310. The molecule has 0 aromatic carbocycles. The van der Waals surface area contributed by atoms with Gasteiger partial charge in [0.1, 0.15) is 0 Å². The molecule has 2 heteroatoms. The summed E-state index contributed by atoms with van der Waals surface area (Å²) in [4.78, 5) is 0. The normalized spacial score (nSPS) is 36.6. The fourth-order valence-corrected chi connectivity index (χ4v) is 4.59. The summed E-state index contributed by atoms with van der Waals surface area (Å²) in [5, 5.41) is 4.65. The van der Waals surface area contributed by atoms with E-state index >= 15 is 0 Å². The summed E-state index contributed by atoms with van der Waals surface area (Å²) in [6.45, 7) is 8.53. The molecule has 3 atom stereocenters. The predicted molar refractivity (Wildman–Crippen MR) is 74.1 cm³/mol. The van der Waals surface area contributed by atoms with Crippen molar-refractivity contribution in [3.8, 4) is 0 Å². The second-order valence-electron chi connectivity index (χ2n) is 6.18. The minimum atomic E-state index is 0.553. The number of hydrogen-bond acceptors (Lipinski definition) is 2. The lowest BCUT2D eigenvalue weighted by atomic mass is 9.68. The van der Waals surface area contributed by atoms with E-state index in [1.54, 1.807) is 0 Å². The van der Waals surface area contributed by atoms with Gasteiger partial charge < -0.3 is 5.32 Å². The van der Waals surface area contributed by atoms with Crippen LogP contribution in [-0.2, 0) is 0 Å². The summed E-state index contributed by atoms with van der Waals surface area (Å²) < 4.78 is 0. The first-order chi connectivity index (χ1) is 7.63. The lowest BCUT2D eigenvalue weighted by molar-refractivity contribution is 0.142. The molecule has 0 bridgehead atoms. The van der Waals surface area contributed by atoms with Crippen LogP contribution in [-0.4, -0.2) is 23.6 Å². The Balaban J connectivity index is 1.97. The zero-order chi connectivity index (χ0) is 11.6. The van der Waals surface area contributed by atoms with Gasteiger partial charge in [0.05, 0.1) is 0 Å². The smallest absolute Gasteiger partial charge is 0.0204 e. The van der Waals surface area contributed by atoms with Crippen LogP contribution in [0.2, 0.25) is 0 Å². The Bertz CT molecular complexity index is 227. The Morgan fingerprint density at radius 1 is 1.31 bits per heavy atom. The third-order valence-corrected chi connectivity index (χ3v) is 6.34. The van der Waals surface area contributed by atoms with E-state index in [1.807, 2.05) is 0 Å². The number of nitrogens with one attached hydrogen (secondary N) is 1. The van der Waals surface area contributed by atoms with Crippen LogP contribution in [0.5, 0.6) is 0 Å². The van der Waals surface area contributed by atoms with Gasteiger partial charge in [-0.2, -0.15) is 11.8 Å². The van der Waals surface area contributed by atoms with Crippen LogP contribution in [0, 0.1) is 11.3 Å². The van der Waals surface area contributed by atoms with Crippen LogP contribution < -0.4 is 5.32 Å². The van der Waals surface area contributed by atoms with Gasteiger partial charge in [-0.3, -0.25) is 0 Å². The van der Waals surface area contributed by atoms with Gasteiger partial charge in [0.2, 0.25) is 0 Å². The summed E-state index contributed by atoms with van der Waals surface area (Å²) >= 11 is 2.24. The fraction of sp³-hybridized carbons (Fsp3) is 1.00. The maximum atomic E-state index is 3.75. The minimum absolute atomic E-state index is 0.553. The Kier molecular flexibility index (Phi) is 4.23. The molecule has 1 nitrogen and oxygen atoms in total. The fourth-order valence-electron chi connectivity index (χ4n) is 3.14. The largest absolute Gasteiger partial charge is 0.313 e. The number of fused-ring (bicyclic) bond motifs is 1. The monoisotopic (exact) mass is 241 g/mol. The molecule has 94 valence electrons. The molecule has 0 amide bonds. The van der Waals surface area contributed by atoms with E-state index in [2.05, 4.69) is 37.8 Å². The van der Waals surface area contributed by atoms with Crippen molar-refractivity contribution in [2.75, 3.05) is 12.3 Å². The lowest BCUT2D eigenvalue weighted by Crippen LogP contribution is -2.44. The number of hydrogen-bond donors (Lipinski definition) is 1. The third kappa shape index (κ3) is 2.76. The highest BCUT2D eigenvalue weighted by molar-refractivity contribution is 7.99. The molecule has 2 aliphatic rings. The Morgan fingerprint density at radius 3 is 2.88 bits per heavy atom. The second-order valence-corrected chi connectivity index (χ2v) is 7.52. The van der Waals surface area contributed by atoms with E-state index in [9.17, 15) is 0 Å². The van der Waals surface area contributed by atoms with E-state index in [0.717, 1.165) is 17.2 Å². The van der Waals surface area contributed by atoms with Gasteiger partial charge >= 0.3 is 0 Å². The van der Waals surface area contributed by atoms with E-state index in [4.69, 9.17) is 0 Å². The first-order valence-electron chi connectivity index (χ1n) is 6.98. The van der Waals surface area contributed by atoms with Crippen molar-refractivity contribution in [2.24, 2.45) is 11.3 Å². The molecule has 1 saturated carbocycles. The quantitative estimate of drug-likeness (QED) is 0.791. The van der Waals surface area contributed by atoms with Crippen LogP contribution in [0.25, 0.3) is 0 Å². The SMILES string of the molecule is CCC(C)(C)C1CCC2NCCCSC2C1. The summed E-state index contributed by atoms with van der Waals surface area (Å²) in [5.74, 6) is 2.32. The highest BCUT2D eigenvalue weighted by atomic mass is 32.2. The van der Waals surface area contributed by atoms with Crippen LogP contribution in [0.15, 0.2) is 0 Å². The average molecular weight is 241 g/mol. The molecule has 2 fully saturated rings. The predicted octanol–water partition coefficient (Wildman–Crippen LogP) is 3.69. The molecule has 0 aromatic heterocycles. The third-order valence-electron chi connectivity index (χ3n) is 4.87. The molecule has 16 heavy (non-hydrogen) atoms. The molecule has 1 heterocycles. The Morgan fingerprint density at radius 2 is 2.12 bits per heavy atom. The van der Waals surface area contributed by atoms with Crippen molar-refractivity contribution >= 4 is 11.8 Å². The molecule has 1 N–H and O–H groups in total. The zero-order valence-corrected chi connectivity index (χ0v) is 11.9. The summed E-state index contributed by atoms with van der Waals surface area (Å²) in [6, 6.07) is 0.816. The molecule has 0 spiro atoms. The molecule has 0 radical (unpaired) electrons. The molecule has 1 aliphatic heterocycles. The summed E-state index contributed by atoms with van der Waals surface area (Å²) in [5.41, 5.74) is 0.553. The first-order valence-corrected chi connectivity index (χ1v) is 8.03. The maximum Gasteiger partial charge on any atom is 0.0204 e. The van der Waals surface area contributed by atoms with Crippen molar-refractivity contribution in [2.45, 2.75) is 64.2 Å². The zero-order valence-electron chi connectivity index (χ0n) is 11.1. The summed E-state index contributed by atoms with van der Waals surface area (Å²) in [7, 11) is 0. The molecule has 3 unspecified atom stereocenters. The van der Waals surface area contributed by atoms with E-state index in [1.165, 1.54) is 44.4 Å². The van der Waals surface area contributed by atoms with Gasteiger partial charge in [0, 0.05) is 11.3 Å². The number of thioether (sulfide) groups is 1. The lowest BCUT2D eigenvalue weighted by Gasteiger charge is -2.42. The second kappa shape index (κ2) is 5.30. The van der Waals surface area contributed by atoms with E-state index in [-0.39, 0.29) is 0 Å². The maximum absolute atomic E-state index is 3.75.